The Balaban J connectivity index is 2.09. The van der Waals surface area contributed by atoms with Crippen molar-refractivity contribution >= 4 is 11.8 Å². The lowest BCUT2D eigenvalue weighted by Crippen LogP contribution is -2.35. The average Bonchev–Trinajstić information content (AvgIpc) is 2.53. The minimum Gasteiger partial charge on any atom is -0.493 e. The van der Waals surface area contributed by atoms with Gasteiger partial charge in [0, 0.05) is 12.1 Å². The Hall–Kier alpha value is -0.870. The molecule has 1 aromatic carbocycles. The molecule has 1 atom stereocenters. The van der Waals surface area contributed by atoms with Gasteiger partial charge < -0.3 is 14.8 Å². The molecule has 2 rings (SSSR count). The smallest absolute Gasteiger partial charge is 0.161 e. The third-order valence-corrected chi connectivity index (χ3v) is 4.93. The zero-order chi connectivity index (χ0) is 14.4. The largest absolute Gasteiger partial charge is 0.493 e. The maximum atomic E-state index is 5.41. The first-order chi connectivity index (χ1) is 9.78. The van der Waals surface area contributed by atoms with E-state index in [0.29, 0.717) is 12.1 Å². The Labute approximate surface area is 126 Å². The molecular formula is C16H25NO2S. The average molecular weight is 295 g/mol. The molecule has 0 radical (unpaired) electrons. The Morgan fingerprint density at radius 3 is 2.50 bits per heavy atom. The summed E-state index contributed by atoms with van der Waals surface area (Å²) in [7, 11) is 3.36. The van der Waals surface area contributed by atoms with Crippen LogP contribution in [0.3, 0.4) is 0 Å². The molecule has 20 heavy (non-hydrogen) atoms. The van der Waals surface area contributed by atoms with E-state index in [1.807, 2.05) is 6.07 Å². The summed E-state index contributed by atoms with van der Waals surface area (Å²) in [6, 6.07) is 7.27. The molecule has 1 saturated heterocycles. The molecule has 1 N–H and O–H groups in total. The van der Waals surface area contributed by atoms with Crippen LogP contribution in [0.25, 0.3) is 0 Å². The highest BCUT2D eigenvalue weighted by Gasteiger charge is 2.19. The van der Waals surface area contributed by atoms with E-state index in [2.05, 4.69) is 36.1 Å². The van der Waals surface area contributed by atoms with Crippen molar-refractivity contribution < 1.29 is 9.47 Å². The summed E-state index contributed by atoms with van der Waals surface area (Å²) in [6.07, 6.45) is 3.63. The van der Waals surface area contributed by atoms with Crippen LogP contribution in [0.1, 0.15) is 37.8 Å². The highest BCUT2D eigenvalue weighted by molar-refractivity contribution is 7.99. The maximum Gasteiger partial charge on any atom is 0.161 e. The predicted octanol–water partition coefficient (Wildman–Crippen LogP) is 3.64. The fraction of sp³-hybridized carbons (Fsp3) is 0.625. The molecule has 1 aromatic rings. The first-order valence-corrected chi connectivity index (χ1v) is 8.49. The second-order valence-corrected chi connectivity index (χ2v) is 6.35. The summed E-state index contributed by atoms with van der Waals surface area (Å²) in [5.41, 5.74) is 1.28. The summed E-state index contributed by atoms with van der Waals surface area (Å²) in [5.74, 6) is 4.16. The van der Waals surface area contributed by atoms with Gasteiger partial charge in [0.1, 0.15) is 0 Å². The Morgan fingerprint density at radius 2 is 1.90 bits per heavy atom. The number of benzene rings is 1. The third-order valence-electron chi connectivity index (χ3n) is 3.88. The second-order valence-electron chi connectivity index (χ2n) is 5.13. The van der Waals surface area contributed by atoms with Crippen LogP contribution in [0.2, 0.25) is 0 Å². The molecule has 0 amide bonds. The van der Waals surface area contributed by atoms with E-state index in [0.717, 1.165) is 17.9 Å². The quantitative estimate of drug-likeness (QED) is 0.868. The van der Waals surface area contributed by atoms with Crippen molar-refractivity contribution in [3.63, 3.8) is 0 Å². The van der Waals surface area contributed by atoms with E-state index < -0.39 is 0 Å². The highest BCUT2D eigenvalue weighted by atomic mass is 32.2. The molecule has 4 heteroatoms. The second kappa shape index (κ2) is 7.79. The lowest BCUT2D eigenvalue weighted by Gasteiger charge is -2.28. The molecule has 112 valence electrons. The van der Waals surface area contributed by atoms with Crippen LogP contribution >= 0.6 is 11.8 Å². The first-order valence-electron chi connectivity index (χ1n) is 7.34. The molecule has 3 nitrogen and oxygen atoms in total. The fourth-order valence-electron chi connectivity index (χ4n) is 2.67. The van der Waals surface area contributed by atoms with Gasteiger partial charge in [-0.25, -0.2) is 0 Å². The number of rotatable bonds is 6. The number of hydrogen-bond donors (Lipinski definition) is 1. The fourth-order valence-corrected chi connectivity index (χ4v) is 3.77. The molecule has 0 saturated carbocycles. The van der Waals surface area contributed by atoms with Crippen LogP contribution in [0.15, 0.2) is 18.2 Å². The monoisotopic (exact) mass is 295 g/mol. The summed E-state index contributed by atoms with van der Waals surface area (Å²) in [5, 5.41) is 3.80. The highest BCUT2D eigenvalue weighted by Crippen LogP contribution is 2.31. The number of nitrogens with one attached hydrogen (secondary N) is 1. The summed E-state index contributed by atoms with van der Waals surface area (Å²) >= 11 is 2.06. The normalized spacial score (nSPS) is 17.8. The minimum absolute atomic E-state index is 0.392. The molecule has 1 fully saturated rings. The van der Waals surface area contributed by atoms with Crippen molar-refractivity contribution in [3.05, 3.63) is 23.8 Å². The maximum absolute atomic E-state index is 5.41. The SMILES string of the molecule is CCC(NC1CCSCC1)c1ccc(OC)c(OC)c1. The van der Waals surface area contributed by atoms with Crippen molar-refractivity contribution in [3.8, 4) is 11.5 Å². The summed E-state index contributed by atoms with van der Waals surface area (Å²) < 4.78 is 10.7. The Morgan fingerprint density at radius 1 is 1.20 bits per heavy atom. The molecule has 0 aliphatic carbocycles. The van der Waals surface area contributed by atoms with Gasteiger partial charge in [-0.3, -0.25) is 0 Å². The van der Waals surface area contributed by atoms with Crippen molar-refractivity contribution in [2.24, 2.45) is 0 Å². The lowest BCUT2D eigenvalue weighted by atomic mass is 10.0. The molecule has 0 spiro atoms. The van der Waals surface area contributed by atoms with Gasteiger partial charge in [0.05, 0.1) is 14.2 Å². The zero-order valence-electron chi connectivity index (χ0n) is 12.6. The van der Waals surface area contributed by atoms with E-state index in [1.54, 1.807) is 14.2 Å². The number of hydrogen-bond acceptors (Lipinski definition) is 4. The number of thioether (sulfide) groups is 1. The lowest BCUT2D eigenvalue weighted by molar-refractivity contribution is 0.352. The van der Waals surface area contributed by atoms with Gasteiger partial charge in [0.15, 0.2) is 11.5 Å². The summed E-state index contributed by atoms with van der Waals surface area (Å²) in [4.78, 5) is 0. The zero-order valence-corrected chi connectivity index (χ0v) is 13.5. The molecular weight excluding hydrogens is 270 g/mol. The molecule has 1 unspecified atom stereocenters. The Kier molecular flexibility index (Phi) is 6.05. The standard InChI is InChI=1S/C16H25NO2S/c1-4-14(17-13-7-9-20-10-8-13)12-5-6-15(18-2)16(11-12)19-3/h5-6,11,13-14,17H,4,7-10H2,1-3H3. The van der Waals surface area contributed by atoms with Gasteiger partial charge in [-0.1, -0.05) is 13.0 Å². The van der Waals surface area contributed by atoms with E-state index in [4.69, 9.17) is 9.47 Å². The van der Waals surface area contributed by atoms with Crippen LogP contribution in [0.5, 0.6) is 11.5 Å². The van der Waals surface area contributed by atoms with Gasteiger partial charge in [-0.15, -0.1) is 0 Å². The van der Waals surface area contributed by atoms with E-state index in [-0.39, 0.29) is 0 Å². The molecule has 0 bridgehead atoms. The van der Waals surface area contributed by atoms with Crippen molar-refractivity contribution in [1.82, 2.24) is 5.32 Å². The van der Waals surface area contributed by atoms with Gasteiger partial charge >= 0.3 is 0 Å². The first kappa shape index (κ1) is 15.5. The van der Waals surface area contributed by atoms with E-state index in [9.17, 15) is 0 Å². The molecule has 0 aromatic heterocycles. The molecule has 1 aliphatic rings. The Bertz CT molecular complexity index is 419. The van der Waals surface area contributed by atoms with Gasteiger partial charge in [-0.2, -0.15) is 11.8 Å². The third kappa shape index (κ3) is 3.83. The predicted molar refractivity (Wildman–Crippen MR) is 86.1 cm³/mol. The van der Waals surface area contributed by atoms with Crippen LogP contribution < -0.4 is 14.8 Å². The molecule has 1 aliphatic heterocycles. The van der Waals surface area contributed by atoms with E-state index in [1.165, 1.54) is 29.9 Å². The topological polar surface area (TPSA) is 30.5 Å². The van der Waals surface area contributed by atoms with Crippen LogP contribution in [-0.2, 0) is 0 Å². The van der Waals surface area contributed by atoms with Gasteiger partial charge in [0.25, 0.3) is 0 Å². The van der Waals surface area contributed by atoms with Crippen LogP contribution in [0, 0.1) is 0 Å². The van der Waals surface area contributed by atoms with Gasteiger partial charge in [0.2, 0.25) is 0 Å². The van der Waals surface area contributed by atoms with E-state index >= 15 is 0 Å². The molecule has 1 heterocycles. The van der Waals surface area contributed by atoms with Crippen LogP contribution in [0.4, 0.5) is 0 Å². The van der Waals surface area contributed by atoms with Crippen molar-refractivity contribution in [2.45, 2.75) is 38.3 Å². The summed E-state index contributed by atoms with van der Waals surface area (Å²) in [6.45, 7) is 2.23. The number of ether oxygens (including phenoxy) is 2. The minimum atomic E-state index is 0.392. The van der Waals surface area contributed by atoms with Gasteiger partial charge in [-0.05, 0) is 48.5 Å². The van der Waals surface area contributed by atoms with Crippen molar-refractivity contribution in [2.75, 3.05) is 25.7 Å². The van der Waals surface area contributed by atoms with Crippen LogP contribution in [-0.4, -0.2) is 31.8 Å². The number of methoxy groups -OCH3 is 2. The van der Waals surface area contributed by atoms with Crippen molar-refractivity contribution in [1.29, 1.82) is 0 Å².